The summed E-state index contributed by atoms with van der Waals surface area (Å²) in [7, 11) is -3.85. The van der Waals surface area contributed by atoms with Gasteiger partial charge in [-0.3, -0.25) is 4.79 Å². The minimum Gasteiger partial charge on any atom is -0.309 e. The Labute approximate surface area is 220 Å². The van der Waals surface area contributed by atoms with Gasteiger partial charge in [0.15, 0.2) is 0 Å². The highest BCUT2D eigenvalue weighted by Crippen LogP contribution is 2.27. The number of anilines is 1. The molecule has 3 rings (SSSR count). The van der Waals surface area contributed by atoms with Crippen molar-refractivity contribution in [1.29, 1.82) is 0 Å². The minimum absolute atomic E-state index is 0.144. The zero-order valence-corrected chi connectivity index (χ0v) is 23.4. The van der Waals surface area contributed by atoms with Crippen LogP contribution in [0.15, 0.2) is 64.0 Å². The second-order valence-corrected chi connectivity index (χ2v) is 12.5. The number of rotatable bonds is 9. The van der Waals surface area contributed by atoms with E-state index in [9.17, 15) is 13.2 Å². The Morgan fingerprint density at radius 1 is 1.11 bits per heavy atom. The third-order valence-corrected chi connectivity index (χ3v) is 7.99. The zero-order chi connectivity index (χ0) is 25.8. The molecule has 1 heterocycles. The molecule has 2 aromatic carbocycles. The lowest BCUT2D eigenvalue weighted by atomic mass is 9.92. The van der Waals surface area contributed by atoms with E-state index < -0.39 is 15.9 Å². The lowest BCUT2D eigenvalue weighted by Crippen LogP contribution is -2.38. The first-order chi connectivity index (χ1) is 16.4. The molecule has 0 aliphatic heterocycles. The molecule has 1 amide bonds. The molecule has 0 radical (unpaired) electrons. The average Bonchev–Trinajstić information content (AvgIpc) is 3.21. The second-order valence-electron chi connectivity index (χ2n) is 9.25. The van der Waals surface area contributed by atoms with Gasteiger partial charge in [-0.15, -0.1) is 0 Å². The monoisotopic (exact) mass is 580 g/mol. The first-order valence-corrected chi connectivity index (χ1v) is 13.9. The van der Waals surface area contributed by atoms with Crippen molar-refractivity contribution < 1.29 is 13.2 Å². The van der Waals surface area contributed by atoms with Gasteiger partial charge in [-0.05, 0) is 55.0 Å². The molecule has 0 saturated heterocycles. The summed E-state index contributed by atoms with van der Waals surface area (Å²) in [5.41, 5.74) is 1.26. The van der Waals surface area contributed by atoms with Crippen LogP contribution in [0.25, 0.3) is 5.69 Å². The molecule has 3 aromatic rings. The normalized spacial score (nSPS) is 12.2. The van der Waals surface area contributed by atoms with Crippen molar-refractivity contribution in [3.8, 4) is 5.69 Å². The molecule has 7 nitrogen and oxygen atoms in total. The van der Waals surface area contributed by atoms with Crippen LogP contribution in [-0.4, -0.2) is 41.5 Å². The SMILES string of the molecule is CCCCN(CC(=O)Nc1cc(C(C)(C)C)nn1-c1ccc(Cl)cc1)S(=O)(=O)c1ccc(Br)cc1. The minimum atomic E-state index is -3.85. The van der Waals surface area contributed by atoms with Crippen molar-refractivity contribution >= 4 is 49.3 Å². The van der Waals surface area contributed by atoms with E-state index in [2.05, 4.69) is 21.2 Å². The van der Waals surface area contributed by atoms with Gasteiger partial charge in [0.25, 0.3) is 0 Å². The fourth-order valence-corrected chi connectivity index (χ4v) is 5.16. The molecule has 0 unspecified atom stereocenters. The van der Waals surface area contributed by atoms with E-state index in [-0.39, 0.29) is 23.4 Å². The number of halogens is 2. The third-order valence-electron chi connectivity index (χ3n) is 5.35. The Bertz CT molecular complexity index is 1270. The fraction of sp³-hybridized carbons (Fsp3) is 0.360. The number of nitrogens with one attached hydrogen (secondary N) is 1. The Balaban J connectivity index is 1.90. The average molecular weight is 582 g/mol. The predicted molar refractivity (Wildman–Crippen MR) is 144 cm³/mol. The van der Waals surface area contributed by atoms with Gasteiger partial charge in [-0.25, -0.2) is 13.1 Å². The maximum atomic E-state index is 13.3. The van der Waals surface area contributed by atoms with Crippen LogP contribution < -0.4 is 5.32 Å². The number of unbranched alkanes of at least 4 members (excludes halogenated alkanes) is 1. The molecule has 10 heteroatoms. The molecule has 0 aliphatic rings. The highest BCUT2D eigenvalue weighted by atomic mass is 79.9. The quantitative estimate of drug-likeness (QED) is 0.335. The molecule has 1 N–H and O–H groups in total. The molecular weight excluding hydrogens is 552 g/mol. The number of carbonyl (C=O) groups is 1. The largest absolute Gasteiger partial charge is 0.309 e. The van der Waals surface area contributed by atoms with Crippen molar-refractivity contribution in [1.82, 2.24) is 14.1 Å². The summed E-state index contributed by atoms with van der Waals surface area (Å²) in [6, 6.07) is 15.3. The summed E-state index contributed by atoms with van der Waals surface area (Å²) >= 11 is 9.36. The smallest absolute Gasteiger partial charge is 0.243 e. The van der Waals surface area contributed by atoms with Crippen LogP contribution in [0.1, 0.15) is 46.2 Å². The molecule has 0 spiro atoms. The molecule has 0 fully saturated rings. The molecule has 0 atom stereocenters. The maximum absolute atomic E-state index is 13.3. The van der Waals surface area contributed by atoms with Crippen LogP contribution in [0.4, 0.5) is 5.82 Å². The number of amides is 1. The maximum Gasteiger partial charge on any atom is 0.243 e. The van der Waals surface area contributed by atoms with E-state index in [0.29, 0.717) is 17.3 Å². The van der Waals surface area contributed by atoms with Crippen LogP contribution >= 0.6 is 27.5 Å². The van der Waals surface area contributed by atoms with Crippen molar-refractivity contribution in [2.45, 2.75) is 50.8 Å². The number of sulfonamides is 1. The van der Waals surface area contributed by atoms with E-state index in [1.54, 1.807) is 28.9 Å². The van der Waals surface area contributed by atoms with Crippen molar-refractivity contribution in [3.05, 3.63) is 69.8 Å². The number of carbonyl (C=O) groups excluding carboxylic acids is 1. The number of hydrogen-bond donors (Lipinski definition) is 1. The van der Waals surface area contributed by atoms with Gasteiger partial charge < -0.3 is 5.32 Å². The summed E-state index contributed by atoms with van der Waals surface area (Å²) in [6.07, 6.45) is 1.44. The van der Waals surface area contributed by atoms with E-state index in [1.165, 1.54) is 16.4 Å². The highest BCUT2D eigenvalue weighted by molar-refractivity contribution is 9.10. The highest BCUT2D eigenvalue weighted by Gasteiger charge is 2.27. The van der Waals surface area contributed by atoms with Crippen molar-refractivity contribution in [2.75, 3.05) is 18.4 Å². The summed E-state index contributed by atoms with van der Waals surface area (Å²) in [5, 5.41) is 8.15. The number of benzene rings is 2. The van der Waals surface area contributed by atoms with Crippen molar-refractivity contribution in [2.24, 2.45) is 0 Å². The van der Waals surface area contributed by atoms with Crippen LogP contribution in [0.5, 0.6) is 0 Å². The summed E-state index contributed by atoms with van der Waals surface area (Å²) in [6.45, 7) is 8.00. The van der Waals surface area contributed by atoms with Crippen LogP contribution in [-0.2, 0) is 20.2 Å². The molecule has 0 bridgehead atoms. The lowest BCUT2D eigenvalue weighted by Gasteiger charge is -2.22. The topological polar surface area (TPSA) is 84.3 Å². The van der Waals surface area contributed by atoms with Gasteiger partial charge in [-0.2, -0.15) is 9.40 Å². The Morgan fingerprint density at radius 2 is 1.74 bits per heavy atom. The second kappa shape index (κ2) is 11.2. The van der Waals surface area contributed by atoms with Gasteiger partial charge >= 0.3 is 0 Å². The Kier molecular flexibility index (Phi) is 8.80. The number of hydrogen-bond acceptors (Lipinski definition) is 4. The summed E-state index contributed by atoms with van der Waals surface area (Å²) < 4.78 is 30.2. The molecular formula is C25H30BrClN4O3S. The van der Waals surface area contributed by atoms with Crippen LogP contribution in [0, 0.1) is 0 Å². The number of aromatic nitrogens is 2. The zero-order valence-electron chi connectivity index (χ0n) is 20.3. The number of nitrogens with zero attached hydrogens (tertiary/aromatic N) is 3. The molecule has 0 aliphatic carbocycles. The first kappa shape index (κ1) is 27.4. The Morgan fingerprint density at radius 3 is 2.31 bits per heavy atom. The lowest BCUT2D eigenvalue weighted by molar-refractivity contribution is -0.116. The molecule has 188 valence electrons. The van der Waals surface area contributed by atoms with E-state index in [4.69, 9.17) is 16.7 Å². The first-order valence-electron chi connectivity index (χ1n) is 11.3. The standard InChI is InChI=1S/C25H30BrClN4O3S/c1-5-6-15-30(35(33,34)21-13-7-18(26)8-14-21)17-24(32)28-23-16-22(25(2,3)4)29-31(23)20-11-9-19(27)10-12-20/h7-14,16H,5-6,15,17H2,1-4H3,(H,28,32). The Hall–Kier alpha value is -2.20. The van der Waals surface area contributed by atoms with E-state index >= 15 is 0 Å². The third kappa shape index (κ3) is 6.94. The van der Waals surface area contributed by atoms with Crippen molar-refractivity contribution in [3.63, 3.8) is 0 Å². The molecule has 1 aromatic heterocycles. The summed E-state index contributed by atoms with van der Waals surface area (Å²) in [4.78, 5) is 13.3. The van der Waals surface area contributed by atoms with Gasteiger partial charge in [0.2, 0.25) is 15.9 Å². The van der Waals surface area contributed by atoms with Gasteiger partial charge in [-0.1, -0.05) is 61.6 Å². The fourth-order valence-electron chi connectivity index (χ4n) is 3.33. The van der Waals surface area contributed by atoms with Crippen LogP contribution in [0.3, 0.4) is 0 Å². The van der Waals surface area contributed by atoms with E-state index in [0.717, 1.165) is 22.3 Å². The molecule has 35 heavy (non-hydrogen) atoms. The van der Waals surface area contributed by atoms with Crippen LogP contribution in [0.2, 0.25) is 5.02 Å². The van der Waals surface area contributed by atoms with E-state index in [1.807, 2.05) is 45.9 Å². The van der Waals surface area contributed by atoms with Gasteiger partial charge in [0, 0.05) is 27.5 Å². The predicted octanol–water partition coefficient (Wildman–Crippen LogP) is 6.02. The summed E-state index contributed by atoms with van der Waals surface area (Å²) in [5.74, 6) is 0.0103. The van der Waals surface area contributed by atoms with Gasteiger partial charge in [0.1, 0.15) is 5.82 Å². The van der Waals surface area contributed by atoms with Gasteiger partial charge in [0.05, 0.1) is 22.8 Å². The molecule has 0 saturated carbocycles.